The van der Waals surface area contributed by atoms with Crippen molar-refractivity contribution in [2.24, 2.45) is 4.99 Å². The number of hydrogen-bond donors (Lipinski definition) is 3. The maximum absolute atomic E-state index is 11.6. The number of benzene rings is 1. The molecule has 1 amide bonds. The molecule has 0 saturated heterocycles. The molecule has 1 aromatic rings. The molecule has 0 heterocycles. The molecule has 1 rings (SSSR count). The highest BCUT2D eigenvalue weighted by molar-refractivity contribution is 14.0. The van der Waals surface area contributed by atoms with Gasteiger partial charge in [-0.1, -0.05) is 23.7 Å². The summed E-state index contributed by atoms with van der Waals surface area (Å²) in [5, 5.41) is 9.59. The molecule has 23 heavy (non-hydrogen) atoms. The standard InChI is InChI=1S/C15H23ClN4O2.HI/c1-11(12-5-4-6-13(16)9-12)20-15(17-2)19-10-14(21)18-7-8-22-3;/h4-6,9,11H,7-8,10H2,1-3H3,(H,18,21)(H2,17,19,20);1H. The molecule has 1 atom stereocenters. The van der Waals surface area contributed by atoms with Crippen LogP contribution in [-0.4, -0.2) is 45.7 Å². The van der Waals surface area contributed by atoms with Crippen molar-refractivity contribution >= 4 is 47.4 Å². The summed E-state index contributed by atoms with van der Waals surface area (Å²) in [6.45, 7) is 3.12. The number of ether oxygens (including phenoxy) is 1. The third kappa shape index (κ3) is 8.97. The molecule has 0 aliphatic carbocycles. The fourth-order valence-electron chi connectivity index (χ4n) is 1.78. The summed E-state index contributed by atoms with van der Waals surface area (Å²) in [4.78, 5) is 15.7. The van der Waals surface area contributed by atoms with Crippen molar-refractivity contribution in [1.82, 2.24) is 16.0 Å². The maximum Gasteiger partial charge on any atom is 0.239 e. The summed E-state index contributed by atoms with van der Waals surface area (Å²) < 4.78 is 4.87. The summed E-state index contributed by atoms with van der Waals surface area (Å²) in [5.74, 6) is 0.435. The lowest BCUT2D eigenvalue weighted by Crippen LogP contribution is -2.44. The molecule has 3 N–H and O–H groups in total. The number of guanidine groups is 1. The number of nitrogens with one attached hydrogen (secondary N) is 3. The van der Waals surface area contributed by atoms with E-state index in [0.717, 1.165) is 5.56 Å². The lowest BCUT2D eigenvalue weighted by Gasteiger charge is -2.18. The second-order valence-corrected chi connectivity index (χ2v) is 5.13. The largest absolute Gasteiger partial charge is 0.383 e. The van der Waals surface area contributed by atoms with E-state index in [1.165, 1.54) is 0 Å². The van der Waals surface area contributed by atoms with Crippen LogP contribution in [0.3, 0.4) is 0 Å². The monoisotopic (exact) mass is 454 g/mol. The molecule has 6 nitrogen and oxygen atoms in total. The normalized spacial score (nSPS) is 12.1. The average molecular weight is 455 g/mol. The number of carbonyl (C=O) groups excluding carboxylic acids is 1. The fourth-order valence-corrected chi connectivity index (χ4v) is 1.98. The minimum absolute atomic E-state index is 0. The highest BCUT2D eigenvalue weighted by atomic mass is 127. The molecule has 0 spiro atoms. The first-order valence-electron chi connectivity index (χ1n) is 7.05. The smallest absolute Gasteiger partial charge is 0.239 e. The van der Waals surface area contributed by atoms with E-state index in [-0.39, 0.29) is 42.5 Å². The molecular formula is C15H24ClIN4O2. The lowest BCUT2D eigenvalue weighted by atomic mass is 10.1. The summed E-state index contributed by atoms with van der Waals surface area (Å²) >= 11 is 5.99. The van der Waals surface area contributed by atoms with E-state index in [2.05, 4.69) is 20.9 Å². The molecular weight excluding hydrogens is 431 g/mol. The topological polar surface area (TPSA) is 74.8 Å². The maximum atomic E-state index is 11.6. The number of hydrogen-bond acceptors (Lipinski definition) is 3. The lowest BCUT2D eigenvalue weighted by molar-refractivity contribution is -0.120. The zero-order chi connectivity index (χ0) is 16.4. The van der Waals surface area contributed by atoms with Gasteiger partial charge in [0.2, 0.25) is 5.91 Å². The van der Waals surface area contributed by atoms with Gasteiger partial charge in [-0.3, -0.25) is 9.79 Å². The van der Waals surface area contributed by atoms with Gasteiger partial charge in [-0.25, -0.2) is 0 Å². The first kappa shape index (κ1) is 21.9. The Kier molecular flexibility index (Phi) is 11.8. The van der Waals surface area contributed by atoms with Gasteiger partial charge in [-0.2, -0.15) is 0 Å². The quantitative estimate of drug-likeness (QED) is 0.255. The van der Waals surface area contributed by atoms with Crippen LogP contribution in [0.25, 0.3) is 0 Å². The zero-order valence-electron chi connectivity index (χ0n) is 13.6. The Hall–Kier alpha value is -1.06. The van der Waals surface area contributed by atoms with Crippen molar-refractivity contribution in [1.29, 1.82) is 0 Å². The Morgan fingerprint density at radius 3 is 2.74 bits per heavy atom. The first-order valence-corrected chi connectivity index (χ1v) is 7.43. The van der Waals surface area contributed by atoms with Crippen molar-refractivity contribution in [3.05, 3.63) is 34.9 Å². The predicted molar refractivity (Wildman–Crippen MR) is 105 cm³/mol. The number of nitrogens with zero attached hydrogens (tertiary/aromatic N) is 1. The molecule has 0 aliphatic heterocycles. The van der Waals surface area contributed by atoms with Crippen molar-refractivity contribution < 1.29 is 9.53 Å². The van der Waals surface area contributed by atoms with Crippen LogP contribution in [0.15, 0.2) is 29.3 Å². The van der Waals surface area contributed by atoms with Gasteiger partial charge in [0.15, 0.2) is 5.96 Å². The third-order valence-electron chi connectivity index (χ3n) is 2.97. The molecule has 8 heteroatoms. The molecule has 0 aromatic heterocycles. The third-order valence-corrected chi connectivity index (χ3v) is 3.21. The van der Waals surface area contributed by atoms with Gasteiger partial charge in [-0.05, 0) is 24.6 Å². The van der Waals surface area contributed by atoms with Gasteiger partial charge in [0.25, 0.3) is 0 Å². The number of halogens is 2. The zero-order valence-corrected chi connectivity index (χ0v) is 16.6. The number of carbonyl (C=O) groups is 1. The van der Waals surface area contributed by atoms with E-state index in [4.69, 9.17) is 16.3 Å². The van der Waals surface area contributed by atoms with Crippen LogP contribution in [0.5, 0.6) is 0 Å². The molecule has 0 radical (unpaired) electrons. The van der Waals surface area contributed by atoms with Gasteiger partial charge in [-0.15, -0.1) is 24.0 Å². The Bertz CT molecular complexity index is 514. The van der Waals surface area contributed by atoms with Crippen molar-refractivity contribution in [2.45, 2.75) is 13.0 Å². The summed E-state index contributed by atoms with van der Waals surface area (Å²) in [6, 6.07) is 7.62. The van der Waals surface area contributed by atoms with Crippen LogP contribution in [0.4, 0.5) is 0 Å². The van der Waals surface area contributed by atoms with Gasteiger partial charge in [0.1, 0.15) is 0 Å². The Morgan fingerprint density at radius 1 is 1.39 bits per heavy atom. The minimum atomic E-state index is -0.115. The summed E-state index contributed by atoms with van der Waals surface area (Å²) in [5.41, 5.74) is 1.04. The van der Waals surface area contributed by atoms with Crippen molar-refractivity contribution in [3.63, 3.8) is 0 Å². The Labute approximate surface area is 159 Å². The van der Waals surface area contributed by atoms with Gasteiger partial charge >= 0.3 is 0 Å². The molecule has 1 unspecified atom stereocenters. The summed E-state index contributed by atoms with van der Waals surface area (Å²) in [7, 11) is 3.25. The second-order valence-electron chi connectivity index (χ2n) is 4.69. The SMILES string of the molecule is CN=C(NCC(=O)NCCOC)NC(C)c1cccc(Cl)c1.I. The number of aliphatic imine (C=N–C) groups is 1. The second kappa shape index (κ2) is 12.4. The van der Waals surface area contributed by atoms with Crippen LogP contribution in [0.2, 0.25) is 5.02 Å². The molecule has 0 saturated carbocycles. The van der Waals surface area contributed by atoms with E-state index in [1.54, 1.807) is 14.2 Å². The van der Waals surface area contributed by atoms with Gasteiger partial charge in [0.05, 0.1) is 19.2 Å². The van der Waals surface area contributed by atoms with Crippen LogP contribution in [-0.2, 0) is 9.53 Å². The van der Waals surface area contributed by atoms with Gasteiger partial charge < -0.3 is 20.7 Å². The van der Waals surface area contributed by atoms with Gasteiger partial charge in [0, 0.05) is 25.7 Å². The Balaban J connectivity index is 0.00000484. The van der Waals surface area contributed by atoms with Crippen molar-refractivity contribution in [3.8, 4) is 0 Å². The van der Waals surface area contributed by atoms with E-state index in [9.17, 15) is 4.79 Å². The highest BCUT2D eigenvalue weighted by Gasteiger charge is 2.09. The van der Waals surface area contributed by atoms with Crippen LogP contribution in [0.1, 0.15) is 18.5 Å². The highest BCUT2D eigenvalue weighted by Crippen LogP contribution is 2.16. The van der Waals surface area contributed by atoms with Crippen molar-refractivity contribution in [2.75, 3.05) is 33.9 Å². The average Bonchev–Trinajstić information content (AvgIpc) is 2.51. The number of rotatable bonds is 7. The van der Waals surface area contributed by atoms with Crippen LogP contribution in [0, 0.1) is 0 Å². The van der Waals surface area contributed by atoms with E-state index >= 15 is 0 Å². The number of amides is 1. The Morgan fingerprint density at radius 2 is 2.13 bits per heavy atom. The minimum Gasteiger partial charge on any atom is -0.383 e. The molecule has 0 fully saturated rings. The first-order chi connectivity index (χ1) is 10.6. The molecule has 0 aliphatic rings. The van der Waals surface area contributed by atoms with E-state index in [1.807, 2.05) is 31.2 Å². The van der Waals surface area contributed by atoms with Crippen LogP contribution < -0.4 is 16.0 Å². The van der Waals surface area contributed by atoms with Crippen LogP contribution >= 0.6 is 35.6 Å². The summed E-state index contributed by atoms with van der Waals surface area (Å²) in [6.07, 6.45) is 0. The molecule has 0 bridgehead atoms. The number of methoxy groups -OCH3 is 1. The fraction of sp³-hybridized carbons (Fsp3) is 0.467. The van der Waals surface area contributed by atoms with E-state index < -0.39 is 0 Å². The molecule has 1 aromatic carbocycles. The predicted octanol–water partition coefficient (Wildman–Crippen LogP) is 1.95. The van der Waals surface area contributed by atoms with E-state index in [0.29, 0.717) is 24.1 Å². The molecule has 130 valence electrons.